The summed E-state index contributed by atoms with van der Waals surface area (Å²) in [7, 11) is 1.54. The van der Waals surface area contributed by atoms with Crippen LogP contribution in [0.1, 0.15) is 21.5 Å². The molecule has 0 bridgehead atoms. The van der Waals surface area contributed by atoms with Crippen LogP contribution < -0.4 is 10.1 Å². The lowest BCUT2D eigenvalue weighted by Crippen LogP contribution is -2.24. The summed E-state index contributed by atoms with van der Waals surface area (Å²) >= 11 is 0. The van der Waals surface area contributed by atoms with E-state index >= 15 is 0 Å². The first-order valence-corrected chi connectivity index (χ1v) is 7.18. The number of ether oxygens (including phenoxy) is 1. The monoisotopic (exact) mass is 345 g/mol. The highest BCUT2D eigenvalue weighted by molar-refractivity contribution is 5.97. The van der Waals surface area contributed by atoms with E-state index in [1.54, 1.807) is 24.3 Å². The van der Waals surface area contributed by atoms with Gasteiger partial charge in [-0.1, -0.05) is 12.1 Å². The molecule has 9 heteroatoms. The van der Waals surface area contributed by atoms with Gasteiger partial charge in [0.25, 0.3) is 17.3 Å². The molecule has 0 saturated carbocycles. The van der Waals surface area contributed by atoms with Crippen molar-refractivity contribution in [3.8, 4) is 5.75 Å². The fraction of sp³-hybridized carbons (Fsp3) is 0.188. The van der Waals surface area contributed by atoms with Crippen LogP contribution in [-0.4, -0.2) is 22.9 Å². The van der Waals surface area contributed by atoms with Gasteiger partial charge in [0.1, 0.15) is 5.75 Å². The second-order valence-electron chi connectivity index (χ2n) is 5.18. The van der Waals surface area contributed by atoms with Crippen molar-refractivity contribution >= 4 is 17.3 Å². The van der Waals surface area contributed by atoms with Crippen molar-refractivity contribution in [1.82, 2.24) is 5.32 Å². The number of nitro groups is 2. The van der Waals surface area contributed by atoms with E-state index in [2.05, 4.69) is 5.32 Å². The van der Waals surface area contributed by atoms with Gasteiger partial charge >= 0.3 is 0 Å². The minimum absolute atomic E-state index is 0.0721. The topological polar surface area (TPSA) is 125 Å². The molecule has 9 nitrogen and oxygen atoms in total. The lowest BCUT2D eigenvalue weighted by molar-refractivity contribution is -0.394. The number of non-ortho nitro benzene ring substituents is 1. The van der Waals surface area contributed by atoms with Crippen molar-refractivity contribution in [2.24, 2.45) is 0 Å². The predicted molar refractivity (Wildman–Crippen MR) is 88.7 cm³/mol. The highest BCUT2D eigenvalue weighted by Crippen LogP contribution is 2.28. The molecule has 0 unspecified atom stereocenters. The van der Waals surface area contributed by atoms with Gasteiger partial charge in [0, 0.05) is 18.2 Å². The van der Waals surface area contributed by atoms with Crippen molar-refractivity contribution in [2.45, 2.75) is 13.5 Å². The van der Waals surface area contributed by atoms with Crippen molar-refractivity contribution in [1.29, 1.82) is 0 Å². The van der Waals surface area contributed by atoms with Gasteiger partial charge in [-0.3, -0.25) is 25.0 Å². The van der Waals surface area contributed by atoms with Gasteiger partial charge in [-0.15, -0.1) is 0 Å². The molecular weight excluding hydrogens is 330 g/mol. The zero-order valence-electron chi connectivity index (χ0n) is 13.5. The number of amides is 1. The SMILES string of the molecule is COc1ccc(CNC(=O)c2cc([N+](=O)[O-])cc([N+](=O)[O-])c2C)cc1. The summed E-state index contributed by atoms with van der Waals surface area (Å²) in [6, 6.07) is 8.83. The molecule has 130 valence electrons. The molecule has 0 heterocycles. The highest BCUT2D eigenvalue weighted by Gasteiger charge is 2.24. The largest absolute Gasteiger partial charge is 0.497 e. The lowest BCUT2D eigenvalue weighted by Gasteiger charge is -2.09. The number of benzene rings is 2. The summed E-state index contributed by atoms with van der Waals surface area (Å²) in [6.45, 7) is 1.54. The summed E-state index contributed by atoms with van der Waals surface area (Å²) in [5.41, 5.74) is -0.223. The molecule has 0 aliphatic rings. The van der Waals surface area contributed by atoms with E-state index in [4.69, 9.17) is 4.74 Å². The summed E-state index contributed by atoms with van der Waals surface area (Å²) in [5, 5.41) is 24.6. The zero-order chi connectivity index (χ0) is 18.6. The Morgan fingerprint density at radius 2 is 1.76 bits per heavy atom. The number of rotatable bonds is 6. The van der Waals surface area contributed by atoms with Crippen LogP contribution in [0.4, 0.5) is 11.4 Å². The number of hydrogen-bond donors (Lipinski definition) is 1. The van der Waals surface area contributed by atoms with Crippen LogP contribution in [0, 0.1) is 27.2 Å². The minimum Gasteiger partial charge on any atom is -0.497 e. The quantitative estimate of drug-likeness (QED) is 0.634. The smallest absolute Gasteiger partial charge is 0.279 e. The van der Waals surface area contributed by atoms with E-state index in [9.17, 15) is 25.0 Å². The molecule has 0 saturated heterocycles. The molecule has 1 amide bonds. The first kappa shape index (κ1) is 17.9. The lowest BCUT2D eigenvalue weighted by atomic mass is 10.0. The summed E-state index contributed by atoms with van der Waals surface area (Å²) in [6.07, 6.45) is 0. The van der Waals surface area contributed by atoms with E-state index in [0.717, 1.165) is 17.7 Å². The predicted octanol–water partition coefficient (Wildman–Crippen LogP) is 2.75. The van der Waals surface area contributed by atoms with Crippen LogP contribution in [0.3, 0.4) is 0 Å². The average Bonchev–Trinajstić information content (AvgIpc) is 2.59. The highest BCUT2D eigenvalue weighted by atomic mass is 16.6. The maximum atomic E-state index is 12.3. The summed E-state index contributed by atoms with van der Waals surface area (Å²) in [4.78, 5) is 32.8. The van der Waals surface area contributed by atoms with Crippen LogP contribution in [0.5, 0.6) is 5.75 Å². The first-order chi connectivity index (χ1) is 11.8. The van der Waals surface area contributed by atoms with Crippen molar-refractivity contribution in [3.63, 3.8) is 0 Å². The second kappa shape index (κ2) is 7.39. The number of hydrogen-bond acceptors (Lipinski definition) is 6. The molecule has 0 radical (unpaired) electrons. The molecule has 0 aliphatic heterocycles. The van der Waals surface area contributed by atoms with E-state index in [1.807, 2.05) is 0 Å². The molecule has 0 spiro atoms. The van der Waals surface area contributed by atoms with Crippen molar-refractivity contribution < 1.29 is 19.4 Å². The zero-order valence-corrected chi connectivity index (χ0v) is 13.5. The van der Waals surface area contributed by atoms with Gasteiger partial charge in [0.2, 0.25) is 0 Å². The third kappa shape index (κ3) is 4.08. The molecule has 1 N–H and O–H groups in total. The standard InChI is InChI=1S/C16H15N3O6/c1-10-14(7-12(18(21)22)8-15(10)19(23)24)16(20)17-9-11-3-5-13(25-2)6-4-11/h3-8H,9H2,1-2H3,(H,17,20). The molecule has 0 aliphatic carbocycles. The molecule has 2 rings (SSSR count). The number of carbonyl (C=O) groups is 1. The number of carbonyl (C=O) groups excluding carboxylic acids is 1. The fourth-order valence-electron chi connectivity index (χ4n) is 2.24. The van der Waals surface area contributed by atoms with E-state index in [0.29, 0.717) is 5.75 Å². The second-order valence-corrected chi connectivity index (χ2v) is 5.18. The number of nitro benzene ring substituents is 2. The molecule has 2 aromatic rings. The van der Waals surface area contributed by atoms with E-state index < -0.39 is 27.1 Å². The van der Waals surface area contributed by atoms with Gasteiger partial charge < -0.3 is 10.1 Å². The molecule has 0 fully saturated rings. The maximum Gasteiger partial charge on any atom is 0.279 e. The van der Waals surface area contributed by atoms with Crippen LogP contribution >= 0.6 is 0 Å². The van der Waals surface area contributed by atoms with Gasteiger partial charge in [-0.25, -0.2) is 0 Å². The van der Waals surface area contributed by atoms with Crippen molar-refractivity contribution in [2.75, 3.05) is 7.11 Å². The van der Waals surface area contributed by atoms with Crippen LogP contribution in [0.15, 0.2) is 36.4 Å². The summed E-state index contributed by atoms with van der Waals surface area (Å²) < 4.78 is 5.04. The van der Waals surface area contributed by atoms with Crippen LogP contribution in [-0.2, 0) is 6.54 Å². The Kier molecular flexibility index (Phi) is 5.28. The van der Waals surface area contributed by atoms with Crippen molar-refractivity contribution in [3.05, 3.63) is 73.3 Å². The van der Waals surface area contributed by atoms with Gasteiger partial charge in [-0.05, 0) is 24.6 Å². The molecule has 2 aromatic carbocycles. The molecule has 0 aromatic heterocycles. The third-order valence-electron chi connectivity index (χ3n) is 3.63. The molecule has 0 atom stereocenters. The molecule has 25 heavy (non-hydrogen) atoms. The van der Waals surface area contributed by atoms with Gasteiger partial charge in [0.15, 0.2) is 0 Å². The normalized spacial score (nSPS) is 10.2. The Morgan fingerprint density at radius 1 is 1.12 bits per heavy atom. The van der Waals surface area contributed by atoms with E-state index in [-0.39, 0.29) is 17.7 Å². The maximum absolute atomic E-state index is 12.3. The minimum atomic E-state index is -0.771. The molecular formula is C16H15N3O6. The number of nitrogens with one attached hydrogen (secondary N) is 1. The Hall–Kier alpha value is -3.49. The summed E-state index contributed by atoms with van der Waals surface area (Å²) in [5.74, 6) is 0.0420. The Morgan fingerprint density at radius 3 is 2.28 bits per heavy atom. The Balaban J connectivity index is 2.25. The first-order valence-electron chi connectivity index (χ1n) is 7.18. The van der Waals surface area contributed by atoms with E-state index in [1.165, 1.54) is 14.0 Å². The van der Waals surface area contributed by atoms with Crippen LogP contribution in [0.2, 0.25) is 0 Å². The Bertz CT molecular complexity index is 833. The van der Waals surface area contributed by atoms with Crippen LogP contribution in [0.25, 0.3) is 0 Å². The van der Waals surface area contributed by atoms with Gasteiger partial charge in [0.05, 0.1) is 28.6 Å². The van der Waals surface area contributed by atoms with Gasteiger partial charge in [-0.2, -0.15) is 0 Å². The average molecular weight is 345 g/mol. The number of methoxy groups -OCH3 is 1. The fourth-order valence-corrected chi connectivity index (χ4v) is 2.24. The third-order valence-corrected chi connectivity index (χ3v) is 3.63. The number of nitrogens with zero attached hydrogens (tertiary/aromatic N) is 2. The Labute approximate surface area is 142 Å².